The van der Waals surface area contributed by atoms with Crippen LogP contribution in [0.15, 0.2) is 30.3 Å². The van der Waals surface area contributed by atoms with E-state index in [1.807, 2.05) is 30.3 Å². The monoisotopic (exact) mass is 230 g/mol. The molecule has 3 nitrogen and oxygen atoms in total. The Kier molecular flexibility index (Phi) is 5.32. The van der Waals surface area contributed by atoms with E-state index in [9.17, 15) is 4.79 Å². The van der Waals surface area contributed by atoms with E-state index in [-0.39, 0.29) is 29.4 Å². The average molecular weight is 231 g/mol. The van der Waals surface area contributed by atoms with Gasteiger partial charge in [-0.15, -0.1) is 17.0 Å². The van der Waals surface area contributed by atoms with Gasteiger partial charge in [0.2, 0.25) is 5.91 Å². The van der Waals surface area contributed by atoms with Crippen molar-refractivity contribution in [1.82, 2.24) is 0 Å². The summed E-state index contributed by atoms with van der Waals surface area (Å²) in [5.74, 6) is -0.170. The topological polar surface area (TPSA) is 55.1 Å². The number of amides is 1. The van der Waals surface area contributed by atoms with E-state index in [1.54, 1.807) is 0 Å². The van der Waals surface area contributed by atoms with Gasteiger partial charge in [-0.25, -0.2) is 0 Å². The lowest BCUT2D eigenvalue weighted by Crippen LogP contribution is -2.21. The Bertz CT molecular complexity index is 238. The maximum absolute atomic E-state index is 10.7. The highest BCUT2D eigenvalue weighted by molar-refractivity contribution is 8.93. The SMILES string of the molecule is Br.NCC(=O)Nc1ccccc1. The molecule has 12 heavy (non-hydrogen) atoms. The van der Waals surface area contributed by atoms with E-state index in [0.717, 1.165) is 5.69 Å². The molecule has 1 amide bonds. The fourth-order valence-corrected chi connectivity index (χ4v) is 0.734. The van der Waals surface area contributed by atoms with Crippen molar-refractivity contribution in [1.29, 1.82) is 0 Å². The highest BCUT2D eigenvalue weighted by Gasteiger charge is 1.95. The first-order valence-corrected chi connectivity index (χ1v) is 3.38. The quantitative estimate of drug-likeness (QED) is 0.802. The summed E-state index contributed by atoms with van der Waals surface area (Å²) >= 11 is 0. The number of halogens is 1. The van der Waals surface area contributed by atoms with Crippen LogP contribution in [0.5, 0.6) is 0 Å². The van der Waals surface area contributed by atoms with E-state index in [0.29, 0.717) is 0 Å². The molecule has 0 saturated carbocycles. The molecule has 0 radical (unpaired) electrons. The summed E-state index contributed by atoms with van der Waals surface area (Å²) in [4.78, 5) is 10.7. The molecule has 0 aromatic heterocycles. The van der Waals surface area contributed by atoms with Crippen molar-refractivity contribution in [3.05, 3.63) is 30.3 Å². The molecule has 0 fully saturated rings. The van der Waals surface area contributed by atoms with Crippen LogP contribution in [-0.2, 0) is 4.79 Å². The number of hydrogen-bond acceptors (Lipinski definition) is 2. The Labute approximate surface area is 81.7 Å². The molecule has 1 rings (SSSR count). The van der Waals surface area contributed by atoms with Crippen LogP contribution in [-0.4, -0.2) is 12.5 Å². The van der Waals surface area contributed by atoms with Crippen LogP contribution in [0, 0.1) is 0 Å². The van der Waals surface area contributed by atoms with Crippen LogP contribution in [0.3, 0.4) is 0 Å². The molecule has 4 heteroatoms. The first-order valence-electron chi connectivity index (χ1n) is 3.38. The van der Waals surface area contributed by atoms with Gasteiger partial charge in [0.1, 0.15) is 0 Å². The summed E-state index contributed by atoms with van der Waals surface area (Å²) < 4.78 is 0. The molecule has 0 unspecified atom stereocenters. The largest absolute Gasteiger partial charge is 0.325 e. The van der Waals surface area contributed by atoms with Gasteiger partial charge in [0.05, 0.1) is 6.54 Å². The number of rotatable bonds is 2. The van der Waals surface area contributed by atoms with Gasteiger partial charge in [-0.1, -0.05) is 18.2 Å². The number of hydrogen-bond donors (Lipinski definition) is 2. The van der Waals surface area contributed by atoms with Crippen LogP contribution in [0.25, 0.3) is 0 Å². The minimum absolute atomic E-state index is 0. The van der Waals surface area contributed by atoms with Crippen LogP contribution >= 0.6 is 17.0 Å². The highest BCUT2D eigenvalue weighted by atomic mass is 79.9. The van der Waals surface area contributed by atoms with Crippen LogP contribution in [0.1, 0.15) is 0 Å². The second-order valence-electron chi connectivity index (χ2n) is 2.12. The number of carbonyl (C=O) groups excluding carboxylic acids is 1. The van der Waals surface area contributed by atoms with E-state index < -0.39 is 0 Å². The summed E-state index contributed by atoms with van der Waals surface area (Å²) in [6, 6.07) is 9.22. The van der Waals surface area contributed by atoms with Crippen LogP contribution in [0.4, 0.5) is 5.69 Å². The fraction of sp³-hybridized carbons (Fsp3) is 0.125. The van der Waals surface area contributed by atoms with Gasteiger partial charge in [0.15, 0.2) is 0 Å². The molecule has 0 spiro atoms. The lowest BCUT2D eigenvalue weighted by atomic mass is 10.3. The summed E-state index contributed by atoms with van der Waals surface area (Å²) in [5.41, 5.74) is 5.89. The predicted octanol–water partition coefficient (Wildman–Crippen LogP) is 1.16. The van der Waals surface area contributed by atoms with Crippen molar-refractivity contribution >= 4 is 28.6 Å². The van der Waals surface area contributed by atoms with Crippen LogP contribution < -0.4 is 11.1 Å². The van der Waals surface area contributed by atoms with Crippen molar-refractivity contribution in [2.24, 2.45) is 5.73 Å². The van der Waals surface area contributed by atoms with Gasteiger partial charge in [-0.05, 0) is 12.1 Å². The van der Waals surface area contributed by atoms with Gasteiger partial charge < -0.3 is 11.1 Å². The van der Waals surface area contributed by atoms with E-state index >= 15 is 0 Å². The molecule has 0 aliphatic carbocycles. The zero-order chi connectivity index (χ0) is 8.10. The number of anilines is 1. The fourth-order valence-electron chi connectivity index (χ4n) is 0.734. The lowest BCUT2D eigenvalue weighted by Gasteiger charge is -2.00. The Morgan fingerprint density at radius 2 is 1.92 bits per heavy atom. The summed E-state index contributed by atoms with van der Waals surface area (Å²) in [6.07, 6.45) is 0. The van der Waals surface area contributed by atoms with Crippen molar-refractivity contribution < 1.29 is 4.79 Å². The smallest absolute Gasteiger partial charge is 0.238 e. The molecule has 0 bridgehead atoms. The van der Waals surface area contributed by atoms with Gasteiger partial charge in [0.25, 0.3) is 0 Å². The van der Waals surface area contributed by atoms with Gasteiger partial charge in [0, 0.05) is 5.69 Å². The second-order valence-corrected chi connectivity index (χ2v) is 2.12. The van der Waals surface area contributed by atoms with Crippen molar-refractivity contribution in [2.45, 2.75) is 0 Å². The Hall–Kier alpha value is -0.870. The molecule has 0 heterocycles. The highest BCUT2D eigenvalue weighted by Crippen LogP contribution is 2.03. The Balaban J connectivity index is 0.00000121. The molecule has 1 aromatic carbocycles. The molecule has 0 atom stereocenters. The lowest BCUT2D eigenvalue weighted by molar-refractivity contribution is -0.114. The molecule has 66 valence electrons. The second kappa shape index (κ2) is 5.74. The summed E-state index contributed by atoms with van der Waals surface area (Å²) in [7, 11) is 0. The van der Waals surface area contributed by atoms with E-state index in [4.69, 9.17) is 5.73 Å². The third-order valence-electron chi connectivity index (χ3n) is 1.24. The number of nitrogens with two attached hydrogens (primary N) is 1. The number of para-hydroxylation sites is 1. The molecule has 1 aromatic rings. The first-order chi connectivity index (χ1) is 5.33. The van der Waals surface area contributed by atoms with Crippen molar-refractivity contribution in [3.8, 4) is 0 Å². The van der Waals surface area contributed by atoms with Gasteiger partial charge >= 0.3 is 0 Å². The third-order valence-corrected chi connectivity index (χ3v) is 1.24. The van der Waals surface area contributed by atoms with Crippen molar-refractivity contribution in [3.63, 3.8) is 0 Å². The Morgan fingerprint density at radius 1 is 1.33 bits per heavy atom. The third kappa shape index (κ3) is 3.50. The zero-order valence-electron chi connectivity index (χ0n) is 6.49. The standard InChI is InChI=1S/C8H10N2O.BrH/c9-6-8(11)10-7-4-2-1-3-5-7;/h1-5H,6,9H2,(H,10,11);1H. The average Bonchev–Trinajstić information content (AvgIpc) is 2.06. The molecule has 0 saturated heterocycles. The van der Waals surface area contributed by atoms with Gasteiger partial charge in [-0.3, -0.25) is 4.79 Å². The Morgan fingerprint density at radius 3 is 2.42 bits per heavy atom. The molecule has 0 aliphatic heterocycles. The maximum Gasteiger partial charge on any atom is 0.238 e. The number of carbonyl (C=O) groups is 1. The molecular weight excluding hydrogens is 220 g/mol. The normalized spacial score (nSPS) is 8.42. The molecule has 0 aliphatic rings. The number of benzene rings is 1. The van der Waals surface area contributed by atoms with E-state index in [1.165, 1.54) is 0 Å². The van der Waals surface area contributed by atoms with E-state index in [2.05, 4.69) is 5.32 Å². The van der Waals surface area contributed by atoms with Crippen molar-refractivity contribution in [2.75, 3.05) is 11.9 Å². The van der Waals surface area contributed by atoms with Crippen LogP contribution in [0.2, 0.25) is 0 Å². The summed E-state index contributed by atoms with van der Waals surface area (Å²) in [5, 5.41) is 2.63. The molecular formula is C8H11BrN2O. The zero-order valence-corrected chi connectivity index (χ0v) is 8.20. The maximum atomic E-state index is 10.7. The minimum Gasteiger partial charge on any atom is -0.325 e. The number of nitrogens with one attached hydrogen (secondary N) is 1. The van der Waals surface area contributed by atoms with Gasteiger partial charge in [-0.2, -0.15) is 0 Å². The predicted molar refractivity (Wildman–Crippen MR) is 54.4 cm³/mol. The molecule has 3 N–H and O–H groups in total. The summed E-state index contributed by atoms with van der Waals surface area (Å²) in [6.45, 7) is 0.0227. The minimum atomic E-state index is -0.170. The first kappa shape index (κ1) is 11.1.